The van der Waals surface area contributed by atoms with Crippen LogP contribution in [0.5, 0.6) is 0 Å². The lowest BCUT2D eigenvalue weighted by atomic mass is 10.2. The van der Waals surface area contributed by atoms with Gasteiger partial charge in [0.2, 0.25) is 0 Å². The summed E-state index contributed by atoms with van der Waals surface area (Å²) in [5.74, 6) is 0. The molecule has 0 aromatic rings. The Hall–Kier alpha value is 0.0300. The predicted molar refractivity (Wildman–Crippen MR) is 58.9 cm³/mol. The van der Waals surface area contributed by atoms with Gasteiger partial charge in [-0.3, -0.25) is 9.42 Å². The van der Waals surface area contributed by atoms with Crippen LogP contribution >= 0.6 is 7.82 Å². The molecule has 1 saturated carbocycles. The van der Waals surface area contributed by atoms with Crippen LogP contribution in [0.15, 0.2) is 0 Å². The van der Waals surface area contributed by atoms with Gasteiger partial charge in [0.1, 0.15) is 0 Å². The van der Waals surface area contributed by atoms with Gasteiger partial charge < -0.3 is 14.9 Å². The molecule has 0 aromatic carbocycles. The van der Waals surface area contributed by atoms with Crippen molar-refractivity contribution in [2.24, 2.45) is 0 Å². The molecular weight excluding hydrogens is 233 g/mol. The first kappa shape index (κ1) is 14.1. The minimum absolute atomic E-state index is 0.000772. The van der Waals surface area contributed by atoms with Gasteiger partial charge in [0, 0.05) is 19.1 Å². The highest BCUT2D eigenvalue weighted by atomic mass is 31.2. The summed E-state index contributed by atoms with van der Waals surface area (Å²) in [6, 6.07) is 0.424. The van der Waals surface area contributed by atoms with Gasteiger partial charge in [-0.2, -0.15) is 0 Å². The summed E-state index contributed by atoms with van der Waals surface area (Å²) in [4.78, 5) is 19.1. The number of phosphoric acid groups is 1. The zero-order chi connectivity index (χ0) is 12.0. The quantitative estimate of drug-likeness (QED) is 0.566. The van der Waals surface area contributed by atoms with E-state index in [-0.39, 0.29) is 13.2 Å². The van der Waals surface area contributed by atoms with Gasteiger partial charge in [-0.1, -0.05) is 12.8 Å². The Labute approximate surface area is 95.5 Å². The first-order chi connectivity index (χ1) is 7.53. The first-order valence-corrected chi connectivity index (χ1v) is 7.11. The minimum Gasteiger partial charge on any atom is -0.395 e. The second-order valence-corrected chi connectivity index (χ2v) is 5.26. The number of hydrogen-bond acceptors (Lipinski definition) is 4. The van der Waals surface area contributed by atoms with E-state index in [1.807, 2.05) is 4.90 Å². The van der Waals surface area contributed by atoms with Gasteiger partial charge in [0.25, 0.3) is 0 Å². The molecule has 0 aromatic heterocycles. The van der Waals surface area contributed by atoms with Crippen LogP contribution in [0.4, 0.5) is 0 Å². The molecule has 0 amide bonds. The van der Waals surface area contributed by atoms with E-state index in [4.69, 9.17) is 14.9 Å². The van der Waals surface area contributed by atoms with Crippen molar-refractivity contribution in [2.75, 3.05) is 26.3 Å². The van der Waals surface area contributed by atoms with Crippen LogP contribution in [0.1, 0.15) is 25.7 Å². The van der Waals surface area contributed by atoms with E-state index in [2.05, 4.69) is 4.52 Å². The third kappa shape index (κ3) is 5.39. The Morgan fingerprint density at radius 2 is 1.88 bits per heavy atom. The van der Waals surface area contributed by atoms with Crippen LogP contribution in [-0.2, 0) is 9.09 Å². The average molecular weight is 253 g/mol. The number of aliphatic hydroxyl groups is 1. The predicted octanol–water partition coefficient (Wildman–Crippen LogP) is 0.333. The number of nitrogens with zero attached hydrogens (tertiary/aromatic N) is 1. The van der Waals surface area contributed by atoms with Crippen LogP contribution in [0.2, 0.25) is 0 Å². The molecule has 1 rings (SSSR count). The van der Waals surface area contributed by atoms with Gasteiger partial charge in [0.15, 0.2) is 0 Å². The highest BCUT2D eigenvalue weighted by Gasteiger charge is 2.23. The van der Waals surface area contributed by atoms with E-state index in [9.17, 15) is 4.57 Å². The summed E-state index contributed by atoms with van der Waals surface area (Å²) in [7, 11) is -4.36. The van der Waals surface area contributed by atoms with E-state index in [0.29, 0.717) is 19.1 Å². The highest BCUT2D eigenvalue weighted by Crippen LogP contribution is 2.35. The maximum Gasteiger partial charge on any atom is 0.469 e. The van der Waals surface area contributed by atoms with Crippen LogP contribution in [0, 0.1) is 0 Å². The molecule has 16 heavy (non-hydrogen) atoms. The lowest BCUT2D eigenvalue weighted by Crippen LogP contribution is -2.38. The summed E-state index contributed by atoms with van der Waals surface area (Å²) in [5, 5.41) is 8.92. The van der Waals surface area contributed by atoms with Gasteiger partial charge in [-0.25, -0.2) is 4.57 Å². The van der Waals surface area contributed by atoms with Crippen LogP contribution in [0.3, 0.4) is 0 Å². The summed E-state index contributed by atoms with van der Waals surface area (Å²) >= 11 is 0. The molecule has 0 spiro atoms. The van der Waals surface area contributed by atoms with Crippen molar-refractivity contribution in [3.63, 3.8) is 0 Å². The summed E-state index contributed by atoms with van der Waals surface area (Å²) in [6.45, 7) is 1.05. The fraction of sp³-hybridized carbons (Fsp3) is 1.00. The maximum absolute atomic E-state index is 10.5. The third-order valence-corrected chi connectivity index (χ3v) is 3.39. The zero-order valence-electron chi connectivity index (χ0n) is 9.29. The molecule has 0 unspecified atom stereocenters. The molecule has 1 aliphatic rings. The molecule has 0 bridgehead atoms. The standard InChI is InChI=1S/C9H20NO5P/c11-7-5-10(9-3-1-2-4-9)6-8-15-16(12,13)14/h9,11H,1-8H2,(H2,12,13,14). The average Bonchev–Trinajstić information content (AvgIpc) is 2.67. The van der Waals surface area contributed by atoms with Crippen LogP contribution in [0.25, 0.3) is 0 Å². The van der Waals surface area contributed by atoms with Crippen molar-refractivity contribution in [1.82, 2.24) is 4.90 Å². The lowest BCUT2D eigenvalue weighted by Gasteiger charge is -2.27. The zero-order valence-corrected chi connectivity index (χ0v) is 10.2. The van der Waals surface area contributed by atoms with E-state index in [1.54, 1.807) is 0 Å². The first-order valence-electron chi connectivity index (χ1n) is 5.58. The Morgan fingerprint density at radius 1 is 1.25 bits per heavy atom. The molecule has 0 saturated heterocycles. The van der Waals surface area contributed by atoms with Crippen molar-refractivity contribution in [3.8, 4) is 0 Å². The van der Waals surface area contributed by atoms with Crippen molar-refractivity contribution in [1.29, 1.82) is 0 Å². The van der Waals surface area contributed by atoms with Gasteiger partial charge in [-0.05, 0) is 12.8 Å². The number of hydrogen-bond donors (Lipinski definition) is 3. The molecule has 0 aliphatic heterocycles. The molecule has 0 radical (unpaired) electrons. The van der Waals surface area contributed by atoms with Gasteiger partial charge in [-0.15, -0.1) is 0 Å². The SMILES string of the molecule is O=P(O)(O)OCCN(CCO)C1CCCC1. The highest BCUT2D eigenvalue weighted by molar-refractivity contribution is 7.46. The molecule has 1 aliphatic carbocycles. The van der Waals surface area contributed by atoms with Crippen molar-refractivity contribution >= 4 is 7.82 Å². The van der Waals surface area contributed by atoms with Crippen molar-refractivity contribution in [3.05, 3.63) is 0 Å². The molecule has 7 heteroatoms. The largest absolute Gasteiger partial charge is 0.469 e. The van der Waals surface area contributed by atoms with Crippen molar-refractivity contribution < 1.29 is 24.0 Å². The van der Waals surface area contributed by atoms with E-state index >= 15 is 0 Å². The molecule has 0 atom stereocenters. The summed E-state index contributed by atoms with van der Waals surface area (Å²) < 4.78 is 14.9. The maximum atomic E-state index is 10.5. The normalized spacial score (nSPS) is 18.5. The topological polar surface area (TPSA) is 90.2 Å². The Kier molecular flexibility index (Phi) is 5.89. The van der Waals surface area contributed by atoms with Gasteiger partial charge >= 0.3 is 7.82 Å². The fourth-order valence-electron chi connectivity index (χ4n) is 2.15. The second kappa shape index (κ2) is 6.69. The Bertz CT molecular complexity index is 238. The third-order valence-electron chi connectivity index (χ3n) is 2.87. The molecule has 0 heterocycles. The van der Waals surface area contributed by atoms with E-state index < -0.39 is 7.82 Å². The number of rotatable bonds is 7. The summed E-state index contributed by atoms with van der Waals surface area (Å²) in [5.41, 5.74) is 0. The Morgan fingerprint density at radius 3 is 2.38 bits per heavy atom. The van der Waals surface area contributed by atoms with Crippen LogP contribution in [-0.4, -0.2) is 52.1 Å². The van der Waals surface area contributed by atoms with Crippen molar-refractivity contribution in [2.45, 2.75) is 31.7 Å². The smallest absolute Gasteiger partial charge is 0.395 e. The van der Waals surface area contributed by atoms with E-state index in [1.165, 1.54) is 12.8 Å². The van der Waals surface area contributed by atoms with Gasteiger partial charge in [0.05, 0.1) is 13.2 Å². The summed E-state index contributed by atoms with van der Waals surface area (Å²) in [6.07, 6.45) is 4.56. The fourth-order valence-corrected chi connectivity index (χ4v) is 2.47. The van der Waals surface area contributed by atoms with Crippen LogP contribution < -0.4 is 0 Å². The molecule has 3 N–H and O–H groups in total. The minimum atomic E-state index is -4.36. The molecular formula is C9H20NO5P. The lowest BCUT2D eigenvalue weighted by molar-refractivity contribution is 0.115. The molecule has 6 nitrogen and oxygen atoms in total. The monoisotopic (exact) mass is 253 g/mol. The number of phosphoric ester groups is 1. The molecule has 96 valence electrons. The molecule has 1 fully saturated rings. The second-order valence-electron chi connectivity index (χ2n) is 4.02. The number of aliphatic hydroxyl groups excluding tert-OH is 1. The Balaban J connectivity index is 2.30. The van der Waals surface area contributed by atoms with E-state index in [0.717, 1.165) is 12.8 Å².